The Balaban J connectivity index is 1.99. The Morgan fingerprint density at radius 1 is 1.35 bits per heavy atom. The maximum absolute atomic E-state index is 9.39. The van der Waals surface area contributed by atoms with Crippen LogP contribution in [0.3, 0.4) is 0 Å². The van der Waals surface area contributed by atoms with Crippen molar-refractivity contribution in [3.63, 3.8) is 0 Å². The number of aromatic amines is 1. The van der Waals surface area contributed by atoms with Gasteiger partial charge < -0.3 is 10.4 Å². The topological polar surface area (TPSA) is 60.9 Å². The Kier molecular flexibility index (Phi) is 3.90. The average Bonchev–Trinajstić information content (AvgIpc) is 2.77. The highest BCUT2D eigenvalue weighted by Crippen LogP contribution is 2.13. The van der Waals surface area contributed by atoms with Crippen LogP contribution in [0.15, 0.2) is 36.5 Å². The number of aryl methyl sites for hydroxylation is 1. The van der Waals surface area contributed by atoms with Crippen molar-refractivity contribution in [2.75, 3.05) is 6.61 Å². The number of nitrogens with one attached hydrogen (secondary N) is 2. The van der Waals surface area contributed by atoms with Crippen LogP contribution in [-0.2, 0) is 6.54 Å². The van der Waals surface area contributed by atoms with Crippen LogP contribution >= 0.6 is 0 Å². The minimum Gasteiger partial charge on any atom is -0.394 e. The van der Waals surface area contributed by atoms with Crippen LogP contribution in [0.2, 0.25) is 0 Å². The Morgan fingerprint density at radius 3 is 2.71 bits per heavy atom. The van der Waals surface area contributed by atoms with Gasteiger partial charge in [-0.05, 0) is 12.5 Å². The average molecular weight is 231 g/mol. The summed E-state index contributed by atoms with van der Waals surface area (Å²) < 4.78 is 0. The summed E-state index contributed by atoms with van der Waals surface area (Å²) in [5.41, 5.74) is 3.28. The van der Waals surface area contributed by atoms with Gasteiger partial charge in [0, 0.05) is 17.8 Å². The van der Waals surface area contributed by atoms with Gasteiger partial charge in [-0.15, -0.1) is 0 Å². The number of aliphatic hydroxyl groups excluding tert-OH is 1. The van der Waals surface area contributed by atoms with Crippen LogP contribution in [0.4, 0.5) is 0 Å². The third-order valence-electron chi connectivity index (χ3n) is 2.86. The molecule has 0 aliphatic heterocycles. The molecule has 1 aromatic carbocycles. The molecule has 1 unspecified atom stereocenters. The zero-order chi connectivity index (χ0) is 12.1. The van der Waals surface area contributed by atoms with E-state index in [9.17, 15) is 5.11 Å². The summed E-state index contributed by atoms with van der Waals surface area (Å²) in [4.78, 5) is 0. The number of benzene rings is 1. The number of hydrogen-bond donors (Lipinski definition) is 3. The molecule has 0 amide bonds. The summed E-state index contributed by atoms with van der Waals surface area (Å²) >= 11 is 0. The smallest absolute Gasteiger partial charge is 0.0626 e. The minimum atomic E-state index is -0.0366. The molecule has 1 aromatic heterocycles. The molecule has 1 atom stereocenters. The Morgan fingerprint density at radius 2 is 2.12 bits per heavy atom. The zero-order valence-electron chi connectivity index (χ0n) is 9.85. The lowest BCUT2D eigenvalue weighted by atomic mass is 10.1. The highest BCUT2D eigenvalue weighted by molar-refractivity contribution is 5.20. The van der Waals surface area contributed by atoms with Crippen molar-refractivity contribution < 1.29 is 5.11 Å². The normalized spacial score (nSPS) is 12.6. The van der Waals surface area contributed by atoms with Gasteiger partial charge in [0.05, 0.1) is 18.8 Å². The molecule has 0 aliphatic rings. The molecule has 4 heteroatoms. The van der Waals surface area contributed by atoms with Gasteiger partial charge in [0.15, 0.2) is 0 Å². The number of hydrogen-bond acceptors (Lipinski definition) is 3. The molecular weight excluding hydrogens is 214 g/mol. The molecule has 0 saturated carbocycles. The summed E-state index contributed by atoms with van der Waals surface area (Å²) in [5.74, 6) is 0. The van der Waals surface area contributed by atoms with E-state index >= 15 is 0 Å². The number of nitrogens with zero attached hydrogens (tertiary/aromatic N) is 1. The molecule has 0 spiro atoms. The van der Waals surface area contributed by atoms with Crippen molar-refractivity contribution in [1.82, 2.24) is 15.5 Å². The van der Waals surface area contributed by atoms with Crippen LogP contribution in [0.1, 0.15) is 22.9 Å². The molecule has 4 nitrogen and oxygen atoms in total. The van der Waals surface area contributed by atoms with Crippen LogP contribution < -0.4 is 5.32 Å². The second kappa shape index (κ2) is 5.61. The van der Waals surface area contributed by atoms with Gasteiger partial charge in [-0.25, -0.2) is 0 Å². The SMILES string of the molecule is Cc1[nH]ncc1CNC(CO)c1ccccc1. The highest BCUT2D eigenvalue weighted by Gasteiger charge is 2.10. The molecule has 90 valence electrons. The Hall–Kier alpha value is -1.65. The van der Waals surface area contributed by atoms with Crippen LogP contribution in [-0.4, -0.2) is 21.9 Å². The van der Waals surface area contributed by atoms with E-state index in [1.165, 1.54) is 0 Å². The summed E-state index contributed by atoms with van der Waals surface area (Å²) in [6.07, 6.45) is 1.81. The van der Waals surface area contributed by atoms with Crippen molar-refractivity contribution in [2.24, 2.45) is 0 Å². The van der Waals surface area contributed by atoms with E-state index in [4.69, 9.17) is 0 Å². The molecule has 0 aliphatic carbocycles. The van der Waals surface area contributed by atoms with E-state index in [1.807, 2.05) is 43.5 Å². The Labute approximate surface area is 101 Å². The van der Waals surface area contributed by atoms with Gasteiger partial charge in [-0.3, -0.25) is 5.10 Å². The summed E-state index contributed by atoms with van der Waals surface area (Å²) in [6.45, 7) is 2.77. The molecule has 17 heavy (non-hydrogen) atoms. The number of aliphatic hydroxyl groups is 1. The predicted molar refractivity (Wildman–Crippen MR) is 66.4 cm³/mol. The lowest BCUT2D eigenvalue weighted by Crippen LogP contribution is -2.24. The summed E-state index contributed by atoms with van der Waals surface area (Å²) in [6, 6.07) is 9.90. The van der Waals surface area contributed by atoms with E-state index in [2.05, 4.69) is 15.5 Å². The summed E-state index contributed by atoms with van der Waals surface area (Å²) in [5, 5.41) is 19.6. The number of rotatable bonds is 5. The molecular formula is C13H17N3O. The van der Waals surface area contributed by atoms with Gasteiger partial charge in [0.25, 0.3) is 0 Å². The lowest BCUT2D eigenvalue weighted by molar-refractivity contribution is 0.243. The van der Waals surface area contributed by atoms with Gasteiger partial charge in [-0.2, -0.15) is 5.10 Å². The van der Waals surface area contributed by atoms with Crippen molar-refractivity contribution in [1.29, 1.82) is 0 Å². The van der Waals surface area contributed by atoms with E-state index in [-0.39, 0.29) is 12.6 Å². The first-order valence-corrected chi connectivity index (χ1v) is 5.69. The first-order valence-electron chi connectivity index (χ1n) is 5.69. The molecule has 3 N–H and O–H groups in total. The Bertz CT molecular complexity index is 453. The van der Waals surface area contributed by atoms with Crippen molar-refractivity contribution in [2.45, 2.75) is 19.5 Å². The van der Waals surface area contributed by atoms with Crippen LogP contribution in [0.5, 0.6) is 0 Å². The fourth-order valence-corrected chi connectivity index (χ4v) is 1.76. The van der Waals surface area contributed by atoms with Crippen molar-refractivity contribution >= 4 is 0 Å². The van der Waals surface area contributed by atoms with Gasteiger partial charge in [0.2, 0.25) is 0 Å². The number of aromatic nitrogens is 2. The largest absolute Gasteiger partial charge is 0.394 e. The monoisotopic (exact) mass is 231 g/mol. The molecule has 0 bridgehead atoms. The maximum atomic E-state index is 9.39. The second-order valence-corrected chi connectivity index (χ2v) is 4.05. The first-order chi connectivity index (χ1) is 8.31. The molecule has 0 radical (unpaired) electrons. The third kappa shape index (κ3) is 2.93. The fraction of sp³-hybridized carbons (Fsp3) is 0.308. The van der Waals surface area contributed by atoms with Gasteiger partial charge >= 0.3 is 0 Å². The second-order valence-electron chi connectivity index (χ2n) is 4.05. The molecule has 0 fully saturated rings. The zero-order valence-corrected chi connectivity index (χ0v) is 9.85. The highest BCUT2D eigenvalue weighted by atomic mass is 16.3. The summed E-state index contributed by atoms with van der Waals surface area (Å²) in [7, 11) is 0. The standard InChI is InChI=1S/C13H17N3O/c1-10-12(8-15-16-10)7-14-13(9-17)11-5-3-2-4-6-11/h2-6,8,13-14,17H,7,9H2,1H3,(H,15,16). The van der Waals surface area contributed by atoms with Gasteiger partial charge in [-0.1, -0.05) is 30.3 Å². The molecule has 0 saturated heterocycles. The van der Waals surface area contributed by atoms with Crippen molar-refractivity contribution in [3.8, 4) is 0 Å². The minimum absolute atomic E-state index is 0.0366. The van der Waals surface area contributed by atoms with E-state index in [1.54, 1.807) is 0 Å². The quantitative estimate of drug-likeness (QED) is 0.731. The van der Waals surface area contributed by atoms with Gasteiger partial charge in [0.1, 0.15) is 0 Å². The van der Waals surface area contributed by atoms with E-state index in [0.29, 0.717) is 6.54 Å². The predicted octanol–water partition coefficient (Wildman–Crippen LogP) is 1.54. The van der Waals surface area contributed by atoms with E-state index in [0.717, 1.165) is 16.8 Å². The van der Waals surface area contributed by atoms with Crippen LogP contribution in [0.25, 0.3) is 0 Å². The lowest BCUT2D eigenvalue weighted by Gasteiger charge is -2.16. The fourth-order valence-electron chi connectivity index (χ4n) is 1.76. The van der Waals surface area contributed by atoms with Crippen molar-refractivity contribution in [3.05, 3.63) is 53.3 Å². The first kappa shape index (κ1) is 11.8. The maximum Gasteiger partial charge on any atom is 0.0626 e. The number of H-pyrrole nitrogens is 1. The molecule has 2 rings (SSSR count). The van der Waals surface area contributed by atoms with Crippen LogP contribution in [0, 0.1) is 6.92 Å². The third-order valence-corrected chi connectivity index (χ3v) is 2.86. The molecule has 1 heterocycles. The van der Waals surface area contributed by atoms with E-state index < -0.39 is 0 Å². The molecule has 2 aromatic rings.